The summed E-state index contributed by atoms with van der Waals surface area (Å²) in [6.07, 6.45) is 6.38. The minimum atomic E-state index is -0.366. The molecule has 1 fully saturated rings. The zero-order chi connectivity index (χ0) is 20.4. The van der Waals surface area contributed by atoms with Crippen molar-refractivity contribution in [2.75, 3.05) is 13.1 Å². The highest BCUT2D eigenvalue weighted by molar-refractivity contribution is 7.12. The number of likely N-dealkylation sites (tertiary alicyclic amines) is 1. The molecule has 6 nitrogen and oxygen atoms in total. The molecular weight excluding hydrogens is 386 g/mol. The van der Waals surface area contributed by atoms with Gasteiger partial charge >= 0.3 is 0 Å². The molecule has 0 N–H and O–H groups in total. The van der Waals surface area contributed by atoms with Gasteiger partial charge in [0.15, 0.2) is 5.78 Å². The summed E-state index contributed by atoms with van der Waals surface area (Å²) in [5.41, 5.74) is 1.03. The number of thiophene rings is 1. The van der Waals surface area contributed by atoms with Crippen LogP contribution in [0.2, 0.25) is 0 Å². The molecule has 0 aromatic carbocycles. The molecule has 0 aliphatic carbocycles. The number of nitrogens with zero attached hydrogens (tertiary/aromatic N) is 3. The van der Waals surface area contributed by atoms with Crippen molar-refractivity contribution in [3.05, 3.63) is 80.7 Å². The lowest BCUT2D eigenvalue weighted by atomic mass is 9.92. The number of pyridine rings is 2. The van der Waals surface area contributed by atoms with Crippen LogP contribution < -0.4 is 5.56 Å². The average molecular weight is 407 g/mol. The lowest BCUT2D eigenvalue weighted by Gasteiger charge is -2.32. The SMILES string of the molecule is Cc1ccn(-c2cccnc2)c(=O)c1C(=O)N1CCCC(C(=O)c2cccs2)C1. The molecule has 0 radical (unpaired) electrons. The number of Topliss-reactive ketones (excluding diaryl/α,β-unsaturated/α-hetero) is 1. The normalized spacial score (nSPS) is 16.6. The summed E-state index contributed by atoms with van der Waals surface area (Å²) < 4.78 is 1.44. The van der Waals surface area contributed by atoms with Crippen molar-refractivity contribution in [3.63, 3.8) is 0 Å². The summed E-state index contributed by atoms with van der Waals surface area (Å²) in [5, 5.41) is 1.88. The van der Waals surface area contributed by atoms with Gasteiger partial charge in [0.25, 0.3) is 11.5 Å². The summed E-state index contributed by atoms with van der Waals surface area (Å²) >= 11 is 1.42. The number of carbonyl (C=O) groups is 2. The Hall–Kier alpha value is -3.06. The molecule has 1 saturated heterocycles. The number of carbonyl (C=O) groups excluding carboxylic acids is 2. The molecule has 0 bridgehead atoms. The van der Waals surface area contributed by atoms with Gasteiger partial charge in [-0.3, -0.25) is 23.9 Å². The van der Waals surface area contributed by atoms with Gasteiger partial charge in [-0.2, -0.15) is 0 Å². The second kappa shape index (κ2) is 8.13. The molecule has 148 valence electrons. The summed E-state index contributed by atoms with van der Waals surface area (Å²) in [7, 11) is 0. The molecule has 1 unspecified atom stereocenters. The number of aryl methyl sites for hydroxylation is 1. The fourth-order valence-corrected chi connectivity index (χ4v) is 4.48. The van der Waals surface area contributed by atoms with Crippen LogP contribution >= 0.6 is 11.3 Å². The van der Waals surface area contributed by atoms with Crippen LogP contribution in [0.15, 0.2) is 59.1 Å². The first kappa shape index (κ1) is 19.3. The summed E-state index contributed by atoms with van der Waals surface area (Å²) in [6.45, 7) is 2.66. The number of hydrogen-bond donors (Lipinski definition) is 0. The zero-order valence-corrected chi connectivity index (χ0v) is 16.9. The number of hydrogen-bond acceptors (Lipinski definition) is 5. The van der Waals surface area contributed by atoms with Crippen molar-refractivity contribution in [1.82, 2.24) is 14.5 Å². The molecule has 0 spiro atoms. The Balaban J connectivity index is 1.62. The Kier molecular flexibility index (Phi) is 5.40. The van der Waals surface area contributed by atoms with E-state index >= 15 is 0 Å². The molecule has 1 aliphatic heterocycles. The van der Waals surface area contributed by atoms with E-state index in [1.165, 1.54) is 15.9 Å². The molecule has 29 heavy (non-hydrogen) atoms. The van der Waals surface area contributed by atoms with Crippen LogP contribution in [0.5, 0.6) is 0 Å². The molecule has 3 aromatic rings. The number of ketones is 1. The molecule has 0 saturated carbocycles. The van der Waals surface area contributed by atoms with Gasteiger partial charge in [0, 0.05) is 31.4 Å². The highest BCUT2D eigenvalue weighted by Gasteiger charge is 2.31. The van der Waals surface area contributed by atoms with Crippen molar-refractivity contribution >= 4 is 23.0 Å². The van der Waals surface area contributed by atoms with Crippen LogP contribution in [-0.4, -0.2) is 39.2 Å². The highest BCUT2D eigenvalue weighted by atomic mass is 32.1. The van der Waals surface area contributed by atoms with Crippen LogP contribution in [-0.2, 0) is 0 Å². The third kappa shape index (κ3) is 3.78. The fraction of sp³-hybridized carbons (Fsp3) is 0.273. The van der Waals surface area contributed by atoms with Crippen LogP contribution in [0, 0.1) is 12.8 Å². The van der Waals surface area contributed by atoms with E-state index in [4.69, 9.17) is 0 Å². The Labute approximate surface area is 172 Å². The molecule has 4 rings (SSSR count). The van der Waals surface area contributed by atoms with Gasteiger partial charge in [-0.1, -0.05) is 6.07 Å². The Morgan fingerprint density at radius 1 is 1.21 bits per heavy atom. The number of piperidine rings is 1. The summed E-state index contributed by atoms with van der Waals surface area (Å²) in [6, 6.07) is 8.96. The van der Waals surface area contributed by atoms with E-state index < -0.39 is 0 Å². The van der Waals surface area contributed by atoms with Crippen LogP contribution in [0.3, 0.4) is 0 Å². The number of amides is 1. The second-order valence-corrected chi connectivity index (χ2v) is 8.14. The molecule has 1 atom stereocenters. The second-order valence-electron chi connectivity index (χ2n) is 7.19. The van der Waals surface area contributed by atoms with E-state index in [0.29, 0.717) is 24.3 Å². The van der Waals surface area contributed by atoms with E-state index in [1.54, 1.807) is 48.6 Å². The quantitative estimate of drug-likeness (QED) is 0.622. The maximum absolute atomic E-state index is 13.3. The van der Waals surface area contributed by atoms with E-state index in [1.807, 2.05) is 17.5 Å². The van der Waals surface area contributed by atoms with Crippen molar-refractivity contribution in [2.24, 2.45) is 5.92 Å². The van der Waals surface area contributed by atoms with Crippen molar-refractivity contribution in [2.45, 2.75) is 19.8 Å². The monoisotopic (exact) mass is 407 g/mol. The Morgan fingerprint density at radius 3 is 2.79 bits per heavy atom. The Morgan fingerprint density at radius 2 is 2.07 bits per heavy atom. The minimum Gasteiger partial charge on any atom is -0.338 e. The number of rotatable bonds is 4. The summed E-state index contributed by atoms with van der Waals surface area (Å²) in [4.78, 5) is 45.5. The lowest BCUT2D eigenvalue weighted by Crippen LogP contribution is -2.44. The van der Waals surface area contributed by atoms with Gasteiger partial charge in [0.2, 0.25) is 0 Å². The average Bonchev–Trinajstić information content (AvgIpc) is 3.29. The zero-order valence-electron chi connectivity index (χ0n) is 16.1. The van der Waals surface area contributed by atoms with Gasteiger partial charge in [0.1, 0.15) is 5.56 Å². The molecule has 4 heterocycles. The first-order chi connectivity index (χ1) is 14.1. The van der Waals surface area contributed by atoms with Crippen LogP contribution in [0.1, 0.15) is 38.4 Å². The first-order valence-corrected chi connectivity index (χ1v) is 10.4. The largest absolute Gasteiger partial charge is 0.338 e. The first-order valence-electron chi connectivity index (χ1n) is 9.56. The lowest BCUT2D eigenvalue weighted by molar-refractivity contribution is 0.0636. The third-order valence-electron chi connectivity index (χ3n) is 5.28. The molecule has 1 aliphatic rings. The summed E-state index contributed by atoms with van der Waals surface area (Å²) in [5.74, 6) is -0.458. The van der Waals surface area contributed by atoms with Crippen molar-refractivity contribution in [3.8, 4) is 5.69 Å². The third-order valence-corrected chi connectivity index (χ3v) is 6.17. The maximum Gasteiger partial charge on any atom is 0.268 e. The Bertz CT molecular complexity index is 1090. The van der Waals surface area contributed by atoms with E-state index in [2.05, 4.69) is 4.98 Å². The molecular formula is C22H21N3O3S. The van der Waals surface area contributed by atoms with Gasteiger partial charge in [-0.05, 0) is 55.0 Å². The van der Waals surface area contributed by atoms with E-state index in [-0.39, 0.29) is 28.7 Å². The standard InChI is InChI=1S/C22H21N3O3S/c1-15-8-11-25(17-6-2-9-23-13-17)22(28)19(15)21(27)24-10-3-5-16(14-24)20(26)18-7-4-12-29-18/h2,4,6-9,11-13,16H,3,5,10,14H2,1H3. The highest BCUT2D eigenvalue weighted by Crippen LogP contribution is 2.24. The van der Waals surface area contributed by atoms with Crippen LogP contribution in [0.25, 0.3) is 5.69 Å². The topological polar surface area (TPSA) is 72.3 Å². The molecule has 7 heteroatoms. The predicted octanol–water partition coefficient (Wildman–Crippen LogP) is 3.34. The van der Waals surface area contributed by atoms with Gasteiger partial charge in [0.05, 0.1) is 16.8 Å². The maximum atomic E-state index is 13.3. The fourth-order valence-electron chi connectivity index (χ4n) is 3.74. The van der Waals surface area contributed by atoms with E-state index in [9.17, 15) is 14.4 Å². The van der Waals surface area contributed by atoms with Gasteiger partial charge < -0.3 is 4.90 Å². The molecule has 1 amide bonds. The van der Waals surface area contributed by atoms with Gasteiger partial charge in [-0.15, -0.1) is 11.3 Å². The smallest absolute Gasteiger partial charge is 0.268 e. The van der Waals surface area contributed by atoms with E-state index in [0.717, 1.165) is 17.7 Å². The predicted molar refractivity (Wildman–Crippen MR) is 112 cm³/mol. The van der Waals surface area contributed by atoms with Crippen molar-refractivity contribution < 1.29 is 9.59 Å². The minimum absolute atomic E-state index is 0.0788. The van der Waals surface area contributed by atoms with Crippen molar-refractivity contribution in [1.29, 1.82) is 0 Å². The number of aromatic nitrogens is 2. The van der Waals surface area contributed by atoms with Gasteiger partial charge in [-0.25, -0.2) is 0 Å². The molecule has 3 aromatic heterocycles. The van der Waals surface area contributed by atoms with Crippen LogP contribution in [0.4, 0.5) is 0 Å².